The van der Waals surface area contributed by atoms with Gasteiger partial charge in [-0.3, -0.25) is 0 Å². The minimum Gasteiger partial charge on any atom is -0.462 e. The third-order valence-electron chi connectivity index (χ3n) is 6.27. The van der Waals surface area contributed by atoms with Gasteiger partial charge in [-0.15, -0.1) is 5.10 Å². The molecule has 32 heavy (non-hydrogen) atoms. The molecule has 0 bridgehead atoms. The molecule has 0 amide bonds. The Kier molecular flexibility index (Phi) is 7.07. The topological polar surface area (TPSA) is 94.5 Å². The van der Waals surface area contributed by atoms with Crippen LogP contribution in [0.15, 0.2) is 18.5 Å². The van der Waals surface area contributed by atoms with Crippen molar-refractivity contribution in [1.82, 2.24) is 24.6 Å². The lowest BCUT2D eigenvalue weighted by atomic mass is 9.92. The lowest BCUT2D eigenvalue weighted by Gasteiger charge is -2.33. The van der Waals surface area contributed by atoms with Gasteiger partial charge in [0.15, 0.2) is 11.5 Å². The average Bonchev–Trinajstić information content (AvgIpc) is 3.18. The van der Waals surface area contributed by atoms with Crippen LogP contribution >= 0.6 is 0 Å². The van der Waals surface area contributed by atoms with Gasteiger partial charge in [-0.25, -0.2) is 14.5 Å². The minimum absolute atomic E-state index is 0.291. The monoisotopic (exact) mass is 437 g/mol. The van der Waals surface area contributed by atoms with Crippen molar-refractivity contribution >= 4 is 17.3 Å². The summed E-state index contributed by atoms with van der Waals surface area (Å²) in [6.45, 7) is 9.32. The standard InChI is InChI=1S/C24H35N7O/c1-4-6-12-32-24-28-21(25)23-27-16-20(31(23)29-24)14-19-13-17(3)22(26-15-19)30-10-8-18(7-5-2)9-11-30/h13,15-16,18H,4-12,14H2,1-3H3,(H2,25,28,29). The molecule has 8 nitrogen and oxygen atoms in total. The van der Waals surface area contributed by atoms with E-state index in [2.05, 4.69) is 46.8 Å². The van der Waals surface area contributed by atoms with Gasteiger partial charge in [-0.1, -0.05) is 39.2 Å². The lowest BCUT2D eigenvalue weighted by Crippen LogP contribution is -2.34. The molecule has 3 aromatic heterocycles. The molecule has 0 radical (unpaired) electrons. The molecule has 0 saturated carbocycles. The van der Waals surface area contributed by atoms with E-state index in [0.717, 1.165) is 48.9 Å². The van der Waals surface area contributed by atoms with Crippen LogP contribution in [0, 0.1) is 12.8 Å². The van der Waals surface area contributed by atoms with E-state index in [-0.39, 0.29) is 0 Å². The van der Waals surface area contributed by atoms with Crippen LogP contribution in [0.3, 0.4) is 0 Å². The van der Waals surface area contributed by atoms with E-state index in [1.54, 1.807) is 10.7 Å². The Morgan fingerprint density at radius 3 is 2.66 bits per heavy atom. The molecule has 172 valence electrons. The fourth-order valence-corrected chi connectivity index (χ4v) is 4.52. The first-order valence-corrected chi connectivity index (χ1v) is 11.9. The number of hydrogen-bond acceptors (Lipinski definition) is 7. The van der Waals surface area contributed by atoms with E-state index in [1.165, 1.54) is 31.2 Å². The highest BCUT2D eigenvalue weighted by atomic mass is 16.5. The maximum absolute atomic E-state index is 6.09. The summed E-state index contributed by atoms with van der Waals surface area (Å²) in [5.74, 6) is 2.31. The molecule has 1 fully saturated rings. The predicted octanol–water partition coefficient (Wildman–Crippen LogP) is 4.20. The second-order valence-electron chi connectivity index (χ2n) is 8.85. The summed E-state index contributed by atoms with van der Waals surface area (Å²) in [6, 6.07) is 2.52. The van der Waals surface area contributed by atoms with Gasteiger partial charge in [-0.05, 0) is 43.2 Å². The van der Waals surface area contributed by atoms with Gasteiger partial charge >= 0.3 is 6.01 Å². The van der Waals surface area contributed by atoms with Crippen molar-refractivity contribution in [3.05, 3.63) is 35.3 Å². The van der Waals surface area contributed by atoms with E-state index in [4.69, 9.17) is 15.5 Å². The highest BCUT2D eigenvalue weighted by Crippen LogP contribution is 2.27. The fourth-order valence-electron chi connectivity index (χ4n) is 4.52. The zero-order valence-electron chi connectivity index (χ0n) is 19.5. The van der Waals surface area contributed by atoms with Crippen LogP contribution in [0.2, 0.25) is 0 Å². The minimum atomic E-state index is 0.291. The average molecular weight is 438 g/mol. The number of pyridine rings is 1. The van der Waals surface area contributed by atoms with Crippen molar-refractivity contribution in [3.8, 4) is 6.01 Å². The molecular formula is C24H35N7O. The number of rotatable bonds is 9. The van der Waals surface area contributed by atoms with Crippen molar-refractivity contribution in [2.75, 3.05) is 30.3 Å². The molecule has 3 aromatic rings. The Balaban J connectivity index is 1.49. The number of aryl methyl sites for hydroxylation is 1. The van der Waals surface area contributed by atoms with Crippen LogP contribution in [0.4, 0.5) is 11.6 Å². The van der Waals surface area contributed by atoms with Crippen LogP contribution in [-0.4, -0.2) is 44.3 Å². The molecular weight excluding hydrogens is 402 g/mol. The third-order valence-corrected chi connectivity index (χ3v) is 6.27. The predicted molar refractivity (Wildman–Crippen MR) is 127 cm³/mol. The van der Waals surface area contributed by atoms with Crippen LogP contribution in [0.1, 0.15) is 69.2 Å². The molecule has 0 aromatic carbocycles. The van der Waals surface area contributed by atoms with E-state index >= 15 is 0 Å². The van der Waals surface area contributed by atoms with Crippen molar-refractivity contribution in [1.29, 1.82) is 0 Å². The summed E-state index contributed by atoms with van der Waals surface area (Å²) >= 11 is 0. The van der Waals surface area contributed by atoms with Crippen molar-refractivity contribution in [2.45, 2.75) is 65.7 Å². The number of nitrogen functional groups attached to an aromatic ring is 1. The molecule has 1 aliphatic rings. The first-order valence-electron chi connectivity index (χ1n) is 11.9. The van der Waals surface area contributed by atoms with Crippen molar-refractivity contribution < 1.29 is 4.74 Å². The van der Waals surface area contributed by atoms with Crippen LogP contribution in [0.5, 0.6) is 6.01 Å². The SMILES string of the molecule is CCCCOc1nc(N)c2ncc(Cc3cnc(N4CCC(CCC)CC4)c(C)c3)n2n1. The number of imidazole rings is 1. The third kappa shape index (κ3) is 4.95. The first-order chi connectivity index (χ1) is 15.6. The number of unbranched alkanes of at least 4 members (excludes halogenated alkanes) is 1. The second kappa shape index (κ2) is 10.1. The van der Waals surface area contributed by atoms with E-state index in [1.807, 2.05) is 6.20 Å². The largest absolute Gasteiger partial charge is 0.462 e. The Hall–Kier alpha value is -2.90. The number of anilines is 2. The van der Waals surface area contributed by atoms with E-state index in [0.29, 0.717) is 30.5 Å². The number of aromatic nitrogens is 5. The summed E-state index contributed by atoms with van der Waals surface area (Å²) in [5.41, 5.74) is 9.92. The summed E-state index contributed by atoms with van der Waals surface area (Å²) in [4.78, 5) is 15.9. The number of ether oxygens (including phenoxy) is 1. The zero-order valence-corrected chi connectivity index (χ0v) is 19.5. The number of hydrogen-bond donors (Lipinski definition) is 1. The molecule has 4 heterocycles. The fraction of sp³-hybridized carbons (Fsp3) is 0.583. The maximum Gasteiger partial charge on any atom is 0.336 e. The highest BCUT2D eigenvalue weighted by molar-refractivity contribution is 5.60. The van der Waals surface area contributed by atoms with Gasteiger partial charge in [-0.2, -0.15) is 4.98 Å². The van der Waals surface area contributed by atoms with Gasteiger partial charge in [0.2, 0.25) is 0 Å². The lowest BCUT2D eigenvalue weighted by molar-refractivity contribution is 0.280. The number of piperidine rings is 1. The van der Waals surface area contributed by atoms with Crippen LogP contribution < -0.4 is 15.4 Å². The first kappa shape index (κ1) is 22.3. The summed E-state index contributed by atoms with van der Waals surface area (Å²) in [7, 11) is 0. The molecule has 0 unspecified atom stereocenters. The van der Waals surface area contributed by atoms with Gasteiger partial charge < -0.3 is 15.4 Å². The highest BCUT2D eigenvalue weighted by Gasteiger charge is 2.21. The van der Waals surface area contributed by atoms with Gasteiger partial charge in [0.25, 0.3) is 0 Å². The molecule has 4 rings (SSSR count). The normalized spacial score (nSPS) is 14.9. The maximum atomic E-state index is 6.09. The Morgan fingerprint density at radius 1 is 1.12 bits per heavy atom. The molecule has 1 saturated heterocycles. The molecule has 1 aliphatic heterocycles. The Bertz CT molecular complexity index is 1040. The smallest absolute Gasteiger partial charge is 0.336 e. The summed E-state index contributed by atoms with van der Waals surface area (Å²) in [5, 5.41) is 4.51. The van der Waals surface area contributed by atoms with E-state index in [9.17, 15) is 0 Å². The van der Waals surface area contributed by atoms with Gasteiger partial charge in [0, 0.05) is 25.7 Å². The van der Waals surface area contributed by atoms with Crippen molar-refractivity contribution in [3.63, 3.8) is 0 Å². The second-order valence-corrected chi connectivity index (χ2v) is 8.85. The summed E-state index contributed by atoms with van der Waals surface area (Å²) in [6.07, 6.45) is 11.6. The zero-order chi connectivity index (χ0) is 22.5. The Morgan fingerprint density at radius 2 is 1.94 bits per heavy atom. The number of nitrogens with zero attached hydrogens (tertiary/aromatic N) is 6. The van der Waals surface area contributed by atoms with Gasteiger partial charge in [0.05, 0.1) is 18.5 Å². The van der Waals surface area contributed by atoms with Crippen LogP contribution in [-0.2, 0) is 6.42 Å². The molecule has 8 heteroatoms. The number of fused-ring (bicyclic) bond motifs is 1. The van der Waals surface area contributed by atoms with E-state index < -0.39 is 0 Å². The molecule has 0 spiro atoms. The number of nitrogens with two attached hydrogens (primary N) is 1. The summed E-state index contributed by atoms with van der Waals surface area (Å²) < 4.78 is 7.41. The molecule has 0 atom stereocenters. The van der Waals surface area contributed by atoms with Gasteiger partial charge in [0.1, 0.15) is 5.82 Å². The van der Waals surface area contributed by atoms with Crippen LogP contribution in [0.25, 0.3) is 5.65 Å². The molecule has 0 aliphatic carbocycles. The molecule has 2 N–H and O–H groups in total. The quantitative estimate of drug-likeness (QED) is 0.501. The van der Waals surface area contributed by atoms with Crippen molar-refractivity contribution in [2.24, 2.45) is 5.92 Å². The Labute approximate surface area is 190 Å².